The highest BCUT2D eigenvalue weighted by atomic mass is 16.7. The van der Waals surface area contributed by atoms with Gasteiger partial charge in [-0.05, 0) is 26.0 Å². The molecule has 0 aliphatic heterocycles. The van der Waals surface area contributed by atoms with Gasteiger partial charge in [-0.15, -0.1) is 6.42 Å². The predicted molar refractivity (Wildman–Crippen MR) is 74.7 cm³/mol. The first-order valence-corrected chi connectivity index (χ1v) is 5.97. The number of terminal acetylenes is 1. The van der Waals surface area contributed by atoms with Crippen LogP contribution in [0, 0.1) is 19.3 Å². The fourth-order valence-corrected chi connectivity index (χ4v) is 1.55. The van der Waals surface area contributed by atoms with Crippen LogP contribution >= 0.6 is 0 Å². The SMILES string of the molecule is C#CC(C)ON(c1ccccc1)c1cc(C)ncn1. The molecule has 2 aromatic rings. The molecule has 4 heteroatoms. The predicted octanol–water partition coefficient (Wildman–Crippen LogP) is 2.88. The van der Waals surface area contributed by atoms with Gasteiger partial charge in [0.05, 0.1) is 5.69 Å². The number of para-hydroxylation sites is 1. The zero-order chi connectivity index (χ0) is 13.7. The molecule has 1 aromatic carbocycles. The Labute approximate surface area is 113 Å². The summed E-state index contributed by atoms with van der Waals surface area (Å²) in [6, 6.07) is 11.5. The van der Waals surface area contributed by atoms with Crippen LogP contribution in [0.1, 0.15) is 12.6 Å². The molecule has 1 atom stereocenters. The second kappa shape index (κ2) is 5.98. The van der Waals surface area contributed by atoms with Crippen molar-refractivity contribution in [2.24, 2.45) is 0 Å². The first-order valence-electron chi connectivity index (χ1n) is 5.97. The van der Waals surface area contributed by atoms with E-state index in [1.807, 2.05) is 50.2 Å². The normalized spacial score (nSPS) is 11.6. The molecule has 0 fully saturated rings. The molecule has 4 nitrogen and oxygen atoms in total. The second-order valence-corrected chi connectivity index (χ2v) is 4.06. The van der Waals surface area contributed by atoms with Gasteiger partial charge in [-0.3, -0.25) is 4.84 Å². The van der Waals surface area contributed by atoms with Crippen molar-refractivity contribution in [1.29, 1.82) is 0 Å². The van der Waals surface area contributed by atoms with Crippen LogP contribution in [0.3, 0.4) is 0 Å². The molecule has 0 N–H and O–H groups in total. The fraction of sp³-hybridized carbons (Fsp3) is 0.200. The fourth-order valence-electron chi connectivity index (χ4n) is 1.55. The van der Waals surface area contributed by atoms with Gasteiger partial charge in [-0.1, -0.05) is 24.1 Å². The van der Waals surface area contributed by atoms with E-state index in [2.05, 4.69) is 15.9 Å². The molecule has 0 saturated carbocycles. The Kier molecular flexibility index (Phi) is 4.11. The van der Waals surface area contributed by atoms with E-state index in [-0.39, 0.29) is 6.10 Å². The van der Waals surface area contributed by atoms with Gasteiger partial charge < -0.3 is 0 Å². The van der Waals surface area contributed by atoms with Crippen LogP contribution in [0.4, 0.5) is 11.5 Å². The lowest BCUT2D eigenvalue weighted by Gasteiger charge is -2.24. The molecule has 19 heavy (non-hydrogen) atoms. The van der Waals surface area contributed by atoms with Crippen molar-refractivity contribution in [1.82, 2.24) is 9.97 Å². The highest BCUT2D eigenvalue weighted by Crippen LogP contribution is 2.24. The lowest BCUT2D eigenvalue weighted by atomic mass is 10.3. The Morgan fingerprint density at radius 2 is 2.00 bits per heavy atom. The van der Waals surface area contributed by atoms with Gasteiger partial charge >= 0.3 is 0 Å². The Balaban J connectivity index is 2.38. The summed E-state index contributed by atoms with van der Waals surface area (Å²) in [5.41, 5.74) is 1.73. The third kappa shape index (κ3) is 3.30. The molecule has 0 radical (unpaired) electrons. The molecule has 0 bridgehead atoms. The molecular weight excluding hydrogens is 238 g/mol. The van der Waals surface area contributed by atoms with E-state index in [0.717, 1.165) is 11.4 Å². The van der Waals surface area contributed by atoms with Gasteiger partial charge in [0.25, 0.3) is 0 Å². The molecule has 0 saturated heterocycles. The summed E-state index contributed by atoms with van der Waals surface area (Å²) in [7, 11) is 0. The monoisotopic (exact) mass is 253 g/mol. The van der Waals surface area contributed by atoms with Crippen LogP contribution in [0.5, 0.6) is 0 Å². The topological polar surface area (TPSA) is 38.2 Å². The number of hydrogen-bond acceptors (Lipinski definition) is 4. The molecule has 0 spiro atoms. The van der Waals surface area contributed by atoms with Gasteiger partial charge in [-0.2, -0.15) is 0 Å². The van der Waals surface area contributed by atoms with Crippen molar-refractivity contribution in [3.63, 3.8) is 0 Å². The molecule has 96 valence electrons. The standard InChI is InChI=1S/C15H15N3O/c1-4-13(3)19-18(14-8-6-5-7-9-14)15-10-12(2)16-11-17-15/h1,5-11,13H,2-3H3. The number of nitrogens with zero attached hydrogens (tertiary/aromatic N) is 3. The Bertz CT molecular complexity index is 577. The molecule has 0 aliphatic rings. The second-order valence-electron chi connectivity index (χ2n) is 4.06. The molecule has 1 aromatic heterocycles. The van der Waals surface area contributed by atoms with Crippen molar-refractivity contribution >= 4 is 11.5 Å². The van der Waals surface area contributed by atoms with Crippen molar-refractivity contribution in [2.75, 3.05) is 5.06 Å². The van der Waals surface area contributed by atoms with Crippen LogP contribution in [0.15, 0.2) is 42.7 Å². The van der Waals surface area contributed by atoms with E-state index >= 15 is 0 Å². The number of aromatic nitrogens is 2. The Morgan fingerprint density at radius 1 is 1.26 bits per heavy atom. The quantitative estimate of drug-likeness (QED) is 0.620. The average Bonchev–Trinajstić information content (AvgIpc) is 2.45. The van der Waals surface area contributed by atoms with Crippen molar-refractivity contribution in [3.05, 3.63) is 48.4 Å². The maximum atomic E-state index is 5.73. The van der Waals surface area contributed by atoms with Gasteiger partial charge in [0, 0.05) is 11.8 Å². The van der Waals surface area contributed by atoms with Crippen LogP contribution in [0.25, 0.3) is 0 Å². The summed E-state index contributed by atoms with van der Waals surface area (Å²) in [4.78, 5) is 14.0. The molecule has 0 amide bonds. The van der Waals surface area contributed by atoms with E-state index in [4.69, 9.17) is 11.3 Å². The molecule has 2 rings (SSSR count). The average molecular weight is 253 g/mol. The minimum Gasteiger partial charge on any atom is -0.251 e. The zero-order valence-corrected chi connectivity index (χ0v) is 10.9. The molecule has 1 heterocycles. The number of anilines is 2. The highest BCUT2D eigenvalue weighted by molar-refractivity contribution is 5.56. The summed E-state index contributed by atoms with van der Waals surface area (Å²) in [5.74, 6) is 3.20. The third-order valence-electron chi connectivity index (χ3n) is 2.49. The van der Waals surface area contributed by atoms with Crippen molar-refractivity contribution < 1.29 is 4.84 Å². The summed E-state index contributed by atoms with van der Waals surface area (Å²) in [5, 5.41) is 1.62. The number of benzene rings is 1. The smallest absolute Gasteiger partial charge is 0.161 e. The van der Waals surface area contributed by atoms with Gasteiger partial charge in [-0.25, -0.2) is 15.0 Å². The summed E-state index contributed by atoms with van der Waals surface area (Å²) in [6.07, 6.45) is 6.53. The molecule has 0 aliphatic carbocycles. The van der Waals surface area contributed by atoms with Crippen molar-refractivity contribution in [2.45, 2.75) is 20.0 Å². The maximum absolute atomic E-state index is 5.73. The Morgan fingerprint density at radius 3 is 2.63 bits per heavy atom. The maximum Gasteiger partial charge on any atom is 0.161 e. The van der Waals surface area contributed by atoms with E-state index in [1.54, 1.807) is 5.06 Å². The van der Waals surface area contributed by atoms with E-state index in [1.165, 1.54) is 6.33 Å². The molecular formula is C15H15N3O. The van der Waals surface area contributed by atoms with E-state index in [9.17, 15) is 0 Å². The van der Waals surface area contributed by atoms with Crippen molar-refractivity contribution in [3.8, 4) is 12.3 Å². The highest BCUT2D eigenvalue weighted by Gasteiger charge is 2.14. The lowest BCUT2D eigenvalue weighted by Crippen LogP contribution is -2.24. The summed E-state index contributed by atoms with van der Waals surface area (Å²) >= 11 is 0. The van der Waals surface area contributed by atoms with Crippen LogP contribution in [0.2, 0.25) is 0 Å². The minimum atomic E-state index is -0.351. The van der Waals surface area contributed by atoms with E-state index < -0.39 is 0 Å². The number of hydrogen-bond donors (Lipinski definition) is 0. The zero-order valence-electron chi connectivity index (χ0n) is 10.9. The number of rotatable bonds is 4. The summed E-state index contributed by atoms with van der Waals surface area (Å²) < 4.78 is 0. The largest absolute Gasteiger partial charge is 0.251 e. The first-order chi connectivity index (χ1) is 9.20. The minimum absolute atomic E-state index is 0.351. The van der Waals surface area contributed by atoms with Crippen LogP contribution < -0.4 is 5.06 Å². The number of aryl methyl sites for hydroxylation is 1. The van der Waals surface area contributed by atoms with Gasteiger partial charge in [0.1, 0.15) is 12.4 Å². The van der Waals surface area contributed by atoms with Gasteiger partial charge in [0.2, 0.25) is 0 Å². The van der Waals surface area contributed by atoms with Crippen LogP contribution in [-0.2, 0) is 4.84 Å². The Hall–Kier alpha value is -2.38. The first kappa shape index (κ1) is 13.1. The lowest BCUT2D eigenvalue weighted by molar-refractivity contribution is 0.103. The molecule has 1 unspecified atom stereocenters. The summed E-state index contributed by atoms with van der Waals surface area (Å²) in [6.45, 7) is 3.71. The van der Waals surface area contributed by atoms with Gasteiger partial charge in [0.15, 0.2) is 5.82 Å². The van der Waals surface area contributed by atoms with E-state index in [0.29, 0.717) is 5.82 Å². The third-order valence-corrected chi connectivity index (χ3v) is 2.49. The van der Waals surface area contributed by atoms with Crippen LogP contribution in [-0.4, -0.2) is 16.1 Å².